The predicted octanol–water partition coefficient (Wildman–Crippen LogP) is 1.47. The first-order valence-electron chi connectivity index (χ1n) is 7.60. The highest BCUT2D eigenvalue weighted by molar-refractivity contribution is 5.96. The average Bonchev–Trinajstić information content (AvgIpc) is 2.86. The molecule has 6 nitrogen and oxygen atoms in total. The molecule has 0 aromatic heterocycles. The molecule has 0 aliphatic carbocycles. The molecule has 1 heterocycles. The zero-order chi connectivity index (χ0) is 17.0. The van der Waals surface area contributed by atoms with Crippen molar-refractivity contribution in [2.75, 3.05) is 26.8 Å². The highest BCUT2D eigenvalue weighted by Gasteiger charge is 2.54. The molecule has 6 heteroatoms. The summed E-state index contributed by atoms with van der Waals surface area (Å²) in [4.78, 5) is 25.0. The molecule has 124 valence electrons. The summed E-state index contributed by atoms with van der Waals surface area (Å²) in [6, 6.07) is 6.42. The fourth-order valence-corrected chi connectivity index (χ4v) is 3.15. The van der Waals surface area contributed by atoms with Crippen molar-refractivity contribution < 1.29 is 14.3 Å². The second-order valence-corrected chi connectivity index (χ2v) is 5.96. The van der Waals surface area contributed by atoms with Gasteiger partial charge in [-0.2, -0.15) is 4.48 Å². The minimum Gasteiger partial charge on any atom is -0.383 e. The molecule has 3 amide bonds. The highest BCUT2D eigenvalue weighted by Crippen LogP contribution is 2.37. The smallest absolute Gasteiger partial charge is 0.383 e. The van der Waals surface area contributed by atoms with Gasteiger partial charge in [-0.05, 0) is 24.1 Å². The molecular formula is C17H24N3O3+. The average molecular weight is 318 g/mol. The molecule has 1 aliphatic rings. The number of methoxy groups -OCH3 is 1. The zero-order valence-electron chi connectivity index (χ0n) is 13.7. The summed E-state index contributed by atoms with van der Waals surface area (Å²) in [5.41, 5.74) is 8.33. The van der Waals surface area contributed by atoms with Gasteiger partial charge < -0.3 is 15.8 Å². The molecule has 23 heavy (non-hydrogen) atoms. The first-order valence-corrected chi connectivity index (χ1v) is 7.60. The number of ether oxygens (including phenoxy) is 1. The highest BCUT2D eigenvalue weighted by atomic mass is 16.5. The van der Waals surface area contributed by atoms with E-state index in [9.17, 15) is 9.59 Å². The van der Waals surface area contributed by atoms with Crippen LogP contribution in [0.5, 0.6) is 0 Å². The number of hydrogen-bond acceptors (Lipinski definition) is 3. The fraction of sp³-hybridized carbons (Fsp3) is 0.412. The summed E-state index contributed by atoms with van der Waals surface area (Å²) >= 11 is 0. The Hall–Kier alpha value is -2.18. The van der Waals surface area contributed by atoms with Crippen LogP contribution in [0.1, 0.15) is 12.0 Å². The molecule has 2 rings (SSSR count). The van der Waals surface area contributed by atoms with Gasteiger partial charge in [0.1, 0.15) is 12.2 Å². The molecule has 1 aromatic rings. The van der Waals surface area contributed by atoms with Crippen LogP contribution >= 0.6 is 0 Å². The van der Waals surface area contributed by atoms with Gasteiger partial charge in [0, 0.05) is 26.1 Å². The summed E-state index contributed by atoms with van der Waals surface area (Å²) in [7, 11) is 1.57. The van der Waals surface area contributed by atoms with Crippen LogP contribution in [0.2, 0.25) is 0 Å². The Bertz CT molecular complexity index is 629. The van der Waals surface area contributed by atoms with Crippen molar-refractivity contribution in [3.63, 3.8) is 0 Å². The number of quaternary nitrogens is 1. The van der Waals surface area contributed by atoms with E-state index >= 15 is 0 Å². The molecule has 1 aliphatic heterocycles. The van der Waals surface area contributed by atoms with Crippen LogP contribution in [0, 0.1) is 6.92 Å². The van der Waals surface area contributed by atoms with Gasteiger partial charge in [-0.25, -0.2) is 4.79 Å². The normalized spacial score (nSPS) is 23.7. The molecule has 0 spiro atoms. The van der Waals surface area contributed by atoms with E-state index in [4.69, 9.17) is 10.5 Å². The van der Waals surface area contributed by atoms with Gasteiger partial charge in [0.05, 0.1) is 6.61 Å². The third kappa shape index (κ3) is 3.28. The van der Waals surface area contributed by atoms with E-state index in [1.165, 1.54) is 0 Å². The van der Waals surface area contributed by atoms with Crippen LogP contribution in [0.15, 0.2) is 36.4 Å². The SMILES string of the molecule is C=C1CC(C(=O)NCCOC)[N+](C(N)=O)(c2cccc(C)c2)C1. The number of nitrogens with two attached hydrogens (primary N) is 1. The van der Waals surface area contributed by atoms with Gasteiger partial charge in [0.2, 0.25) is 0 Å². The van der Waals surface area contributed by atoms with Gasteiger partial charge in [0.25, 0.3) is 5.91 Å². The third-order valence-electron chi connectivity index (χ3n) is 4.25. The van der Waals surface area contributed by atoms with Gasteiger partial charge in [0.15, 0.2) is 6.04 Å². The Kier molecular flexibility index (Phi) is 5.18. The zero-order valence-corrected chi connectivity index (χ0v) is 13.7. The fourth-order valence-electron chi connectivity index (χ4n) is 3.15. The lowest BCUT2D eigenvalue weighted by molar-refractivity contribution is -0.124. The maximum Gasteiger partial charge on any atom is 0.420 e. The van der Waals surface area contributed by atoms with Crippen LogP contribution in [-0.2, 0) is 9.53 Å². The number of hydrogen-bond donors (Lipinski definition) is 2. The van der Waals surface area contributed by atoms with Crippen LogP contribution in [0.25, 0.3) is 0 Å². The van der Waals surface area contributed by atoms with Gasteiger partial charge in [-0.15, -0.1) is 0 Å². The maximum atomic E-state index is 12.6. The Morgan fingerprint density at radius 1 is 1.48 bits per heavy atom. The number of nitrogens with one attached hydrogen (secondary N) is 1. The number of nitrogens with zero attached hydrogens (tertiary/aromatic N) is 1. The largest absolute Gasteiger partial charge is 0.420 e. The molecule has 1 saturated heterocycles. The first kappa shape index (κ1) is 17.2. The third-order valence-corrected chi connectivity index (χ3v) is 4.25. The molecule has 3 N–H and O–H groups in total. The Morgan fingerprint density at radius 3 is 2.83 bits per heavy atom. The van der Waals surface area contributed by atoms with Crippen molar-refractivity contribution in [3.8, 4) is 0 Å². The number of aryl methyl sites for hydroxylation is 1. The van der Waals surface area contributed by atoms with E-state index in [2.05, 4.69) is 11.9 Å². The quantitative estimate of drug-likeness (QED) is 0.490. The summed E-state index contributed by atoms with van der Waals surface area (Å²) in [5, 5.41) is 2.81. The summed E-state index contributed by atoms with van der Waals surface area (Å²) in [5.74, 6) is -0.207. The van der Waals surface area contributed by atoms with E-state index in [0.29, 0.717) is 26.1 Å². The monoisotopic (exact) mass is 318 g/mol. The van der Waals surface area contributed by atoms with E-state index in [-0.39, 0.29) is 10.4 Å². The van der Waals surface area contributed by atoms with Crippen molar-refractivity contribution in [2.24, 2.45) is 5.73 Å². The van der Waals surface area contributed by atoms with Crippen molar-refractivity contribution in [3.05, 3.63) is 42.0 Å². The number of urea groups is 1. The number of benzene rings is 1. The molecule has 2 unspecified atom stereocenters. The van der Waals surface area contributed by atoms with Gasteiger partial charge >= 0.3 is 6.03 Å². The molecule has 0 saturated carbocycles. The first-order chi connectivity index (χ1) is 10.9. The minimum atomic E-state index is -0.598. The number of rotatable bonds is 5. The number of primary amides is 1. The molecule has 2 atom stereocenters. The maximum absolute atomic E-state index is 12.6. The summed E-state index contributed by atoms with van der Waals surface area (Å²) in [6.07, 6.45) is 0.440. The van der Waals surface area contributed by atoms with Crippen LogP contribution in [0.4, 0.5) is 10.5 Å². The second kappa shape index (κ2) is 6.93. The summed E-state index contributed by atoms with van der Waals surface area (Å²) in [6.45, 7) is 7.08. The number of carbonyl (C=O) groups is 2. The van der Waals surface area contributed by atoms with Crippen molar-refractivity contribution in [1.29, 1.82) is 0 Å². The lowest BCUT2D eigenvalue weighted by atomic mass is 10.1. The predicted molar refractivity (Wildman–Crippen MR) is 89.9 cm³/mol. The molecule has 0 radical (unpaired) electrons. The minimum absolute atomic E-state index is 0.207. The van der Waals surface area contributed by atoms with Crippen LogP contribution < -0.4 is 15.5 Å². The molecule has 1 fully saturated rings. The second-order valence-electron chi connectivity index (χ2n) is 5.96. The number of carbonyl (C=O) groups excluding carboxylic acids is 2. The Morgan fingerprint density at radius 2 is 2.22 bits per heavy atom. The van der Waals surface area contributed by atoms with E-state index in [1.54, 1.807) is 7.11 Å². The van der Waals surface area contributed by atoms with Crippen LogP contribution in [-0.4, -0.2) is 44.8 Å². The molecule has 1 aromatic carbocycles. The Balaban J connectivity index is 2.40. The van der Waals surface area contributed by atoms with E-state index < -0.39 is 12.1 Å². The van der Waals surface area contributed by atoms with E-state index in [1.807, 2.05) is 31.2 Å². The number of likely N-dealkylation sites (tertiary alicyclic amines) is 1. The lowest BCUT2D eigenvalue weighted by Gasteiger charge is -2.34. The number of amides is 3. The van der Waals surface area contributed by atoms with Crippen molar-refractivity contribution in [2.45, 2.75) is 19.4 Å². The van der Waals surface area contributed by atoms with Gasteiger partial charge in [-0.3, -0.25) is 4.79 Å². The van der Waals surface area contributed by atoms with Crippen molar-refractivity contribution >= 4 is 17.6 Å². The molecule has 0 bridgehead atoms. The molecular weight excluding hydrogens is 294 g/mol. The lowest BCUT2D eigenvalue weighted by Crippen LogP contribution is -2.64. The topological polar surface area (TPSA) is 81.4 Å². The van der Waals surface area contributed by atoms with E-state index in [0.717, 1.165) is 16.8 Å². The summed E-state index contributed by atoms with van der Waals surface area (Å²) < 4.78 is 4.74. The van der Waals surface area contributed by atoms with Crippen LogP contribution in [0.3, 0.4) is 0 Å². The Labute approximate surface area is 136 Å². The standard InChI is InChI=1S/C17H23N3O3/c1-12-5-4-6-14(9-12)20(17(18)22)11-13(2)10-15(20)16(21)19-7-8-23-3/h4-6,9,15H,2,7-8,10-11H2,1,3H3,(H2-,18,19,21,22)/p+1. The van der Waals surface area contributed by atoms with Gasteiger partial charge in [-0.1, -0.05) is 18.7 Å². The van der Waals surface area contributed by atoms with Crippen molar-refractivity contribution in [1.82, 2.24) is 9.80 Å².